The molecule has 2 atom stereocenters. The lowest BCUT2D eigenvalue weighted by Gasteiger charge is -2.27. The largest absolute Gasteiger partial charge is 0.481 e. The Hall–Kier alpha value is -2.08. The van der Waals surface area contributed by atoms with Crippen molar-refractivity contribution >= 4 is 29.4 Å². The molecule has 3 N–H and O–H groups in total. The second-order valence-corrected chi connectivity index (χ2v) is 5.72. The Kier molecular flexibility index (Phi) is 5.38. The van der Waals surface area contributed by atoms with E-state index in [4.69, 9.17) is 16.7 Å². The molecule has 2 rings (SSSR count). The van der Waals surface area contributed by atoms with Gasteiger partial charge < -0.3 is 5.11 Å². The Labute approximate surface area is 132 Å². The van der Waals surface area contributed by atoms with Crippen molar-refractivity contribution in [2.45, 2.75) is 25.7 Å². The van der Waals surface area contributed by atoms with Crippen LogP contribution in [0, 0.1) is 11.8 Å². The summed E-state index contributed by atoms with van der Waals surface area (Å²) in [5, 5.41) is 9.67. The van der Waals surface area contributed by atoms with Crippen molar-refractivity contribution in [2.75, 3.05) is 0 Å². The number of amides is 2. The normalized spacial score (nSPS) is 21.0. The van der Waals surface area contributed by atoms with Crippen molar-refractivity contribution in [3.05, 3.63) is 34.9 Å². The molecule has 1 aliphatic rings. The van der Waals surface area contributed by atoms with E-state index in [1.165, 1.54) is 12.1 Å². The van der Waals surface area contributed by atoms with E-state index in [9.17, 15) is 14.4 Å². The molecule has 1 aliphatic carbocycles. The number of carbonyl (C=O) groups is 3. The molecule has 0 spiro atoms. The van der Waals surface area contributed by atoms with Gasteiger partial charge in [0.1, 0.15) is 0 Å². The third kappa shape index (κ3) is 3.98. The zero-order valence-electron chi connectivity index (χ0n) is 11.8. The van der Waals surface area contributed by atoms with Crippen molar-refractivity contribution in [3.8, 4) is 0 Å². The summed E-state index contributed by atoms with van der Waals surface area (Å²) in [6.45, 7) is 0. The Morgan fingerprint density at radius 3 is 2.18 bits per heavy atom. The lowest BCUT2D eigenvalue weighted by atomic mass is 9.79. The van der Waals surface area contributed by atoms with Gasteiger partial charge in [0.05, 0.1) is 11.8 Å². The van der Waals surface area contributed by atoms with Crippen LogP contribution in [0.2, 0.25) is 5.02 Å². The molecule has 1 fully saturated rings. The van der Waals surface area contributed by atoms with Crippen molar-refractivity contribution < 1.29 is 19.5 Å². The Morgan fingerprint density at radius 2 is 1.59 bits per heavy atom. The number of nitrogens with one attached hydrogen (secondary N) is 2. The smallest absolute Gasteiger partial charge is 0.307 e. The number of aliphatic carboxylic acids is 1. The quantitative estimate of drug-likeness (QED) is 0.741. The molecule has 6 nitrogen and oxygen atoms in total. The van der Waals surface area contributed by atoms with Gasteiger partial charge >= 0.3 is 5.97 Å². The highest BCUT2D eigenvalue weighted by molar-refractivity contribution is 6.30. The van der Waals surface area contributed by atoms with Gasteiger partial charge in [0.2, 0.25) is 5.91 Å². The molecule has 0 unspecified atom stereocenters. The molecule has 22 heavy (non-hydrogen) atoms. The van der Waals surface area contributed by atoms with Crippen LogP contribution in [0.5, 0.6) is 0 Å². The van der Waals surface area contributed by atoms with E-state index in [2.05, 4.69) is 10.9 Å². The maximum atomic E-state index is 12.1. The number of halogens is 1. The summed E-state index contributed by atoms with van der Waals surface area (Å²) in [6.07, 6.45) is 2.61. The molecule has 1 aromatic rings. The SMILES string of the molecule is O=C(NNC(=O)[C@@H]1CCCC[C@@H]1C(=O)O)c1ccc(Cl)cc1. The van der Waals surface area contributed by atoms with Gasteiger partial charge in [-0.25, -0.2) is 0 Å². The topological polar surface area (TPSA) is 95.5 Å². The number of carboxylic acids is 1. The van der Waals surface area contributed by atoms with E-state index in [0.29, 0.717) is 23.4 Å². The second-order valence-electron chi connectivity index (χ2n) is 5.29. The summed E-state index contributed by atoms with van der Waals surface area (Å²) < 4.78 is 0. The predicted molar refractivity (Wildman–Crippen MR) is 80.1 cm³/mol. The first-order valence-corrected chi connectivity index (χ1v) is 7.45. The molecule has 0 heterocycles. The van der Waals surface area contributed by atoms with Gasteiger partial charge in [-0.3, -0.25) is 25.2 Å². The Balaban J connectivity index is 1.92. The van der Waals surface area contributed by atoms with Crippen LogP contribution in [0.3, 0.4) is 0 Å². The first-order chi connectivity index (χ1) is 10.5. The summed E-state index contributed by atoms with van der Waals surface area (Å²) in [6, 6.07) is 6.20. The van der Waals surface area contributed by atoms with E-state index >= 15 is 0 Å². The zero-order chi connectivity index (χ0) is 16.1. The minimum atomic E-state index is -0.969. The first kappa shape index (κ1) is 16.3. The van der Waals surface area contributed by atoms with Crippen LogP contribution in [0.15, 0.2) is 24.3 Å². The predicted octanol–water partition coefficient (Wildman–Crippen LogP) is 1.99. The molecule has 0 aliphatic heterocycles. The average molecular weight is 325 g/mol. The molecular formula is C15H17ClN2O4. The average Bonchev–Trinajstić information content (AvgIpc) is 2.53. The van der Waals surface area contributed by atoms with Gasteiger partial charge in [0.25, 0.3) is 5.91 Å². The van der Waals surface area contributed by atoms with Gasteiger partial charge in [0, 0.05) is 10.6 Å². The number of hydrogen-bond acceptors (Lipinski definition) is 3. The van der Waals surface area contributed by atoms with Crippen LogP contribution in [-0.2, 0) is 9.59 Å². The van der Waals surface area contributed by atoms with Crippen LogP contribution in [0.1, 0.15) is 36.0 Å². The summed E-state index contributed by atoms with van der Waals surface area (Å²) in [7, 11) is 0. The highest BCUT2D eigenvalue weighted by Crippen LogP contribution is 2.30. The summed E-state index contributed by atoms with van der Waals surface area (Å²) in [5.74, 6) is -3.22. The van der Waals surface area contributed by atoms with Crippen molar-refractivity contribution in [1.29, 1.82) is 0 Å². The summed E-state index contributed by atoms with van der Waals surface area (Å²) >= 11 is 5.73. The van der Waals surface area contributed by atoms with Crippen LogP contribution in [0.25, 0.3) is 0 Å². The molecule has 1 aromatic carbocycles. The van der Waals surface area contributed by atoms with Crippen molar-refractivity contribution in [2.24, 2.45) is 11.8 Å². The van der Waals surface area contributed by atoms with Crippen molar-refractivity contribution in [1.82, 2.24) is 10.9 Å². The van der Waals surface area contributed by atoms with Crippen LogP contribution < -0.4 is 10.9 Å². The maximum Gasteiger partial charge on any atom is 0.307 e. The van der Waals surface area contributed by atoms with Crippen LogP contribution in [0.4, 0.5) is 0 Å². The highest BCUT2D eigenvalue weighted by atomic mass is 35.5. The first-order valence-electron chi connectivity index (χ1n) is 7.07. The molecule has 0 radical (unpaired) electrons. The molecule has 0 aromatic heterocycles. The number of hydrogen-bond donors (Lipinski definition) is 3. The van der Waals surface area contributed by atoms with Gasteiger partial charge in [-0.1, -0.05) is 24.4 Å². The molecule has 2 amide bonds. The molecule has 1 saturated carbocycles. The lowest BCUT2D eigenvalue weighted by molar-refractivity contribution is -0.149. The van der Waals surface area contributed by atoms with E-state index in [0.717, 1.165) is 12.8 Å². The van der Waals surface area contributed by atoms with E-state index in [1.54, 1.807) is 12.1 Å². The summed E-state index contributed by atoms with van der Waals surface area (Å²) in [4.78, 5) is 35.1. The Bertz CT molecular complexity index is 573. The number of hydrazine groups is 1. The molecular weight excluding hydrogens is 308 g/mol. The van der Waals surface area contributed by atoms with E-state index in [1.807, 2.05) is 0 Å². The minimum Gasteiger partial charge on any atom is -0.481 e. The van der Waals surface area contributed by atoms with Gasteiger partial charge in [0.15, 0.2) is 0 Å². The monoisotopic (exact) mass is 324 g/mol. The van der Waals surface area contributed by atoms with Crippen molar-refractivity contribution in [3.63, 3.8) is 0 Å². The molecule has 118 valence electrons. The maximum absolute atomic E-state index is 12.1. The van der Waals surface area contributed by atoms with Gasteiger partial charge in [-0.05, 0) is 37.1 Å². The van der Waals surface area contributed by atoms with Gasteiger partial charge in [-0.15, -0.1) is 0 Å². The third-order valence-electron chi connectivity index (χ3n) is 3.83. The van der Waals surface area contributed by atoms with Crippen LogP contribution in [-0.4, -0.2) is 22.9 Å². The zero-order valence-corrected chi connectivity index (χ0v) is 12.6. The standard InChI is InChI=1S/C15H17ClN2O4/c16-10-7-5-9(6-8-10)13(19)17-18-14(20)11-3-1-2-4-12(11)15(21)22/h5-8,11-12H,1-4H2,(H,17,19)(H,18,20)(H,21,22)/t11-,12+/m1/s1. The van der Waals surface area contributed by atoms with Crippen LogP contribution >= 0.6 is 11.6 Å². The van der Waals surface area contributed by atoms with E-state index < -0.39 is 29.6 Å². The Morgan fingerprint density at radius 1 is 1.00 bits per heavy atom. The fourth-order valence-corrected chi connectivity index (χ4v) is 2.75. The fourth-order valence-electron chi connectivity index (χ4n) is 2.62. The molecule has 0 saturated heterocycles. The fraction of sp³-hybridized carbons (Fsp3) is 0.400. The van der Waals surface area contributed by atoms with E-state index in [-0.39, 0.29) is 0 Å². The minimum absolute atomic E-state index is 0.350. The third-order valence-corrected chi connectivity index (χ3v) is 4.08. The number of rotatable bonds is 3. The summed E-state index contributed by atoms with van der Waals surface area (Å²) in [5.41, 5.74) is 4.97. The number of carboxylic acid groups (broad SMARTS) is 1. The molecule has 7 heteroatoms. The second kappa shape index (κ2) is 7.26. The number of carbonyl (C=O) groups excluding carboxylic acids is 2. The lowest BCUT2D eigenvalue weighted by Crippen LogP contribution is -2.47. The molecule has 0 bridgehead atoms. The number of benzene rings is 1. The highest BCUT2D eigenvalue weighted by Gasteiger charge is 2.35. The van der Waals surface area contributed by atoms with Gasteiger partial charge in [-0.2, -0.15) is 0 Å².